The Labute approximate surface area is 138 Å². The molecule has 3 aromatic rings. The van der Waals surface area contributed by atoms with Crippen LogP contribution in [-0.2, 0) is 4.79 Å². The Morgan fingerprint density at radius 2 is 2.04 bits per heavy atom. The second-order valence-corrected chi connectivity index (χ2v) is 5.04. The van der Waals surface area contributed by atoms with Crippen molar-refractivity contribution < 1.29 is 13.9 Å². The number of para-hydroxylation sites is 1. The Kier molecular flexibility index (Phi) is 4.30. The molecule has 0 saturated carbocycles. The van der Waals surface area contributed by atoms with Crippen LogP contribution in [0, 0.1) is 11.3 Å². The van der Waals surface area contributed by atoms with Gasteiger partial charge >= 0.3 is 0 Å². The van der Waals surface area contributed by atoms with Crippen LogP contribution >= 0.6 is 0 Å². The Morgan fingerprint density at radius 3 is 2.79 bits per heavy atom. The predicted octanol–water partition coefficient (Wildman–Crippen LogP) is 3.99. The van der Waals surface area contributed by atoms with Crippen LogP contribution in [0.5, 0.6) is 5.75 Å². The fourth-order valence-corrected chi connectivity index (χ4v) is 2.26. The molecule has 0 aliphatic rings. The maximum atomic E-state index is 12.3. The third kappa shape index (κ3) is 3.28. The van der Waals surface area contributed by atoms with Gasteiger partial charge in [-0.15, -0.1) is 0 Å². The average molecular weight is 318 g/mol. The predicted molar refractivity (Wildman–Crippen MR) is 91.4 cm³/mol. The number of hydrogen-bond acceptors (Lipinski definition) is 4. The van der Waals surface area contributed by atoms with Crippen molar-refractivity contribution in [2.45, 2.75) is 0 Å². The first-order chi connectivity index (χ1) is 11.7. The van der Waals surface area contributed by atoms with Crippen molar-refractivity contribution >= 4 is 28.6 Å². The molecule has 24 heavy (non-hydrogen) atoms. The SMILES string of the molecule is COc1cccc(NC(=O)/C(C#N)=C/c2cc3ccccc3o2)c1. The zero-order valence-corrected chi connectivity index (χ0v) is 12.9. The minimum Gasteiger partial charge on any atom is -0.497 e. The van der Waals surface area contributed by atoms with E-state index in [1.54, 1.807) is 37.4 Å². The van der Waals surface area contributed by atoms with E-state index in [1.807, 2.05) is 30.3 Å². The summed E-state index contributed by atoms with van der Waals surface area (Å²) in [6, 6.07) is 18.1. The van der Waals surface area contributed by atoms with E-state index in [2.05, 4.69) is 5.32 Å². The van der Waals surface area contributed by atoms with Crippen molar-refractivity contribution in [3.63, 3.8) is 0 Å². The summed E-state index contributed by atoms with van der Waals surface area (Å²) in [7, 11) is 1.54. The summed E-state index contributed by atoms with van der Waals surface area (Å²) < 4.78 is 10.7. The molecule has 5 nitrogen and oxygen atoms in total. The summed E-state index contributed by atoms with van der Waals surface area (Å²) in [5.74, 6) is 0.562. The Hall–Kier alpha value is -3.52. The number of methoxy groups -OCH3 is 1. The molecular formula is C19H14N2O3. The number of benzene rings is 2. The Bertz CT molecular complexity index is 931. The van der Waals surface area contributed by atoms with E-state index in [1.165, 1.54) is 6.08 Å². The van der Waals surface area contributed by atoms with E-state index >= 15 is 0 Å². The van der Waals surface area contributed by atoms with Crippen molar-refractivity contribution in [1.29, 1.82) is 5.26 Å². The highest BCUT2D eigenvalue weighted by atomic mass is 16.5. The highest BCUT2D eigenvalue weighted by Gasteiger charge is 2.11. The van der Waals surface area contributed by atoms with Gasteiger partial charge in [-0.25, -0.2) is 0 Å². The zero-order valence-electron chi connectivity index (χ0n) is 12.9. The van der Waals surface area contributed by atoms with Crippen LogP contribution in [0.2, 0.25) is 0 Å². The van der Waals surface area contributed by atoms with E-state index in [9.17, 15) is 10.1 Å². The van der Waals surface area contributed by atoms with E-state index in [0.29, 0.717) is 22.8 Å². The lowest BCUT2D eigenvalue weighted by molar-refractivity contribution is -0.112. The van der Waals surface area contributed by atoms with Crippen LogP contribution in [0.4, 0.5) is 5.69 Å². The topological polar surface area (TPSA) is 75.3 Å². The molecule has 0 atom stereocenters. The molecule has 1 aromatic heterocycles. The molecule has 0 aliphatic carbocycles. The molecule has 0 spiro atoms. The maximum Gasteiger partial charge on any atom is 0.266 e. The first-order valence-corrected chi connectivity index (χ1v) is 7.25. The van der Waals surface area contributed by atoms with Gasteiger partial charge in [-0.05, 0) is 24.3 Å². The molecule has 3 rings (SSSR count). The minimum atomic E-state index is -0.508. The number of nitrogens with one attached hydrogen (secondary N) is 1. The number of nitrogens with zero attached hydrogens (tertiary/aromatic N) is 1. The van der Waals surface area contributed by atoms with Crippen molar-refractivity contribution in [3.8, 4) is 11.8 Å². The number of nitriles is 1. The van der Waals surface area contributed by atoms with Gasteiger partial charge in [0, 0.05) is 23.2 Å². The Balaban J connectivity index is 1.84. The van der Waals surface area contributed by atoms with Gasteiger partial charge in [-0.1, -0.05) is 24.3 Å². The van der Waals surface area contributed by atoms with Crippen LogP contribution in [0.25, 0.3) is 17.0 Å². The zero-order chi connectivity index (χ0) is 16.9. The second kappa shape index (κ2) is 6.71. The number of anilines is 1. The standard InChI is InChI=1S/C19H14N2O3/c1-23-16-7-4-6-15(11-16)21-19(22)14(12-20)10-17-9-13-5-2-3-8-18(13)24-17/h2-11H,1H3,(H,21,22)/b14-10+. The second-order valence-electron chi connectivity index (χ2n) is 5.04. The van der Waals surface area contributed by atoms with Crippen LogP contribution in [-0.4, -0.2) is 13.0 Å². The van der Waals surface area contributed by atoms with E-state index in [4.69, 9.17) is 9.15 Å². The molecule has 0 fully saturated rings. The highest BCUT2D eigenvalue weighted by molar-refractivity contribution is 6.09. The van der Waals surface area contributed by atoms with E-state index < -0.39 is 5.91 Å². The summed E-state index contributed by atoms with van der Waals surface area (Å²) in [6.07, 6.45) is 1.43. The fourth-order valence-electron chi connectivity index (χ4n) is 2.26. The lowest BCUT2D eigenvalue weighted by atomic mass is 10.2. The number of hydrogen-bond donors (Lipinski definition) is 1. The van der Waals surface area contributed by atoms with E-state index in [0.717, 1.165) is 5.39 Å². The molecule has 1 heterocycles. The average Bonchev–Trinajstić information content (AvgIpc) is 3.02. The van der Waals surface area contributed by atoms with E-state index in [-0.39, 0.29) is 5.57 Å². The Morgan fingerprint density at radius 1 is 1.21 bits per heavy atom. The summed E-state index contributed by atoms with van der Waals surface area (Å²) in [5, 5.41) is 12.8. The normalized spacial score (nSPS) is 11.1. The number of furan rings is 1. The first kappa shape index (κ1) is 15.4. The minimum absolute atomic E-state index is 0.0446. The third-order valence-corrected chi connectivity index (χ3v) is 3.42. The number of rotatable bonds is 4. The van der Waals surface area contributed by atoms with Crippen LogP contribution in [0.3, 0.4) is 0 Å². The van der Waals surface area contributed by atoms with Crippen LogP contribution < -0.4 is 10.1 Å². The van der Waals surface area contributed by atoms with Crippen LogP contribution in [0.1, 0.15) is 5.76 Å². The molecule has 0 radical (unpaired) electrons. The molecule has 0 saturated heterocycles. The van der Waals surface area contributed by atoms with Gasteiger partial charge in [-0.3, -0.25) is 4.79 Å². The summed E-state index contributed by atoms with van der Waals surface area (Å²) in [6.45, 7) is 0. The van der Waals surface area contributed by atoms with Crippen molar-refractivity contribution in [3.05, 3.63) is 65.9 Å². The smallest absolute Gasteiger partial charge is 0.266 e. The fraction of sp³-hybridized carbons (Fsp3) is 0.0526. The van der Waals surface area contributed by atoms with Crippen molar-refractivity contribution in [2.75, 3.05) is 12.4 Å². The summed E-state index contributed by atoms with van der Waals surface area (Å²) in [5.41, 5.74) is 1.20. The quantitative estimate of drug-likeness (QED) is 0.583. The molecule has 1 N–H and O–H groups in total. The molecule has 2 aromatic carbocycles. The molecule has 118 valence electrons. The molecule has 1 amide bonds. The lowest BCUT2D eigenvalue weighted by Crippen LogP contribution is -2.13. The van der Waals surface area contributed by atoms with Gasteiger partial charge in [0.2, 0.25) is 0 Å². The van der Waals surface area contributed by atoms with Crippen molar-refractivity contribution in [1.82, 2.24) is 0 Å². The van der Waals surface area contributed by atoms with Gasteiger partial charge in [0.05, 0.1) is 7.11 Å². The van der Waals surface area contributed by atoms with Gasteiger partial charge in [0.25, 0.3) is 5.91 Å². The number of ether oxygens (including phenoxy) is 1. The molecular weight excluding hydrogens is 304 g/mol. The summed E-state index contributed by atoms with van der Waals surface area (Å²) in [4.78, 5) is 12.3. The van der Waals surface area contributed by atoms with Crippen LogP contribution in [0.15, 0.2) is 64.6 Å². The number of amides is 1. The maximum absolute atomic E-state index is 12.3. The highest BCUT2D eigenvalue weighted by Crippen LogP contribution is 2.21. The number of carbonyl (C=O) groups excluding carboxylic acids is 1. The number of carbonyl (C=O) groups is 1. The molecule has 0 unspecified atom stereocenters. The van der Waals surface area contributed by atoms with Gasteiger partial charge in [0.15, 0.2) is 0 Å². The first-order valence-electron chi connectivity index (χ1n) is 7.25. The lowest BCUT2D eigenvalue weighted by Gasteiger charge is -2.06. The molecule has 0 bridgehead atoms. The van der Waals surface area contributed by atoms with Gasteiger partial charge < -0.3 is 14.5 Å². The van der Waals surface area contributed by atoms with Crippen molar-refractivity contribution in [2.24, 2.45) is 0 Å². The van der Waals surface area contributed by atoms with Gasteiger partial charge in [0.1, 0.15) is 28.7 Å². The van der Waals surface area contributed by atoms with Gasteiger partial charge in [-0.2, -0.15) is 5.26 Å². The summed E-state index contributed by atoms with van der Waals surface area (Å²) >= 11 is 0. The molecule has 0 aliphatic heterocycles. The number of fused-ring (bicyclic) bond motifs is 1. The molecule has 5 heteroatoms. The third-order valence-electron chi connectivity index (χ3n) is 3.42. The monoisotopic (exact) mass is 318 g/mol. The largest absolute Gasteiger partial charge is 0.497 e.